The zero-order valence-corrected chi connectivity index (χ0v) is 13.5. The van der Waals surface area contributed by atoms with Gasteiger partial charge in [0.25, 0.3) is 5.91 Å². The minimum Gasteiger partial charge on any atom is -0.288 e. The van der Waals surface area contributed by atoms with E-state index in [9.17, 15) is 4.79 Å². The van der Waals surface area contributed by atoms with Gasteiger partial charge >= 0.3 is 0 Å². The molecule has 3 heterocycles. The van der Waals surface area contributed by atoms with Crippen molar-refractivity contribution in [2.45, 2.75) is 0 Å². The van der Waals surface area contributed by atoms with Crippen molar-refractivity contribution in [1.29, 1.82) is 0 Å². The topological polar surface area (TPSA) is 95.7 Å². The summed E-state index contributed by atoms with van der Waals surface area (Å²) in [6.45, 7) is 0. The molecule has 0 aliphatic heterocycles. The van der Waals surface area contributed by atoms with E-state index in [0.29, 0.717) is 11.5 Å². The van der Waals surface area contributed by atoms with E-state index in [4.69, 9.17) is 5.21 Å². The molecule has 0 spiro atoms. The van der Waals surface area contributed by atoms with Gasteiger partial charge in [-0.15, -0.1) is 0 Å². The summed E-state index contributed by atoms with van der Waals surface area (Å²) >= 11 is 0. The monoisotopic (exact) mass is 346 g/mol. The van der Waals surface area contributed by atoms with Crippen molar-refractivity contribution in [3.05, 3.63) is 78.9 Å². The Bertz CT molecular complexity index is 1050. The molecule has 4 rings (SSSR count). The van der Waals surface area contributed by atoms with Crippen LogP contribution in [0.15, 0.2) is 73.3 Å². The van der Waals surface area contributed by atoms with Crippen LogP contribution in [0.5, 0.6) is 0 Å². The number of hydrogen-bond acceptors (Lipinski definition) is 6. The van der Waals surface area contributed by atoms with Crippen molar-refractivity contribution in [3.63, 3.8) is 0 Å². The molecule has 1 aromatic carbocycles. The lowest BCUT2D eigenvalue weighted by Gasteiger charge is -2.22. The molecule has 8 heteroatoms. The minimum atomic E-state index is -0.575. The second kappa shape index (κ2) is 6.61. The van der Waals surface area contributed by atoms with Crippen LogP contribution < -0.4 is 10.4 Å². The van der Waals surface area contributed by atoms with Gasteiger partial charge in [-0.2, -0.15) is 0 Å². The molecule has 128 valence electrons. The number of amides is 1. The average molecular weight is 346 g/mol. The first-order chi connectivity index (χ1) is 12.8. The van der Waals surface area contributed by atoms with E-state index < -0.39 is 5.91 Å². The molecule has 0 radical (unpaired) electrons. The highest BCUT2D eigenvalue weighted by Crippen LogP contribution is 2.32. The Kier molecular flexibility index (Phi) is 4.00. The van der Waals surface area contributed by atoms with Gasteiger partial charge in [-0.1, -0.05) is 6.07 Å². The van der Waals surface area contributed by atoms with Crippen LogP contribution in [-0.2, 0) is 0 Å². The van der Waals surface area contributed by atoms with Crippen molar-refractivity contribution in [2.75, 3.05) is 4.90 Å². The summed E-state index contributed by atoms with van der Waals surface area (Å²) in [5.41, 5.74) is 3.50. The van der Waals surface area contributed by atoms with Crippen LogP contribution >= 0.6 is 0 Å². The van der Waals surface area contributed by atoms with Crippen molar-refractivity contribution in [3.8, 4) is 0 Å². The lowest BCUT2D eigenvalue weighted by molar-refractivity contribution is 0.0706. The fraction of sp³-hybridized carbons (Fsp3) is 0. The summed E-state index contributed by atoms with van der Waals surface area (Å²) in [6.07, 6.45) is 6.96. The number of nitrogens with zero attached hydrogens (tertiary/aromatic N) is 5. The number of fused-ring (bicyclic) bond motifs is 1. The molecule has 4 aromatic rings. The van der Waals surface area contributed by atoms with Gasteiger partial charge in [-0.3, -0.25) is 19.3 Å². The molecule has 2 N–H and O–H groups in total. The molecule has 0 aliphatic rings. The second-order valence-electron chi connectivity index (χ2n) is 5.42. The van der Waals surface area contributed by atoms with Crippen LogP contribution in [0.4, 0.5) is 17.5 Å². The maximum atomic E-state index is 11.6. The number of aromatic nitrogens is 4. The molecule has 0 unspecified atom stereocenters. The van der Waals surface area contributed by atoms with E-state index >= 15 is 0 Å². The zero-order chi connectivity index (χ0) is 17.9. The van der Waals surface area contributed by atoms with Gasteiger partial charge in [-0.25, -0.2) is 20.4 Å². The van der Waals surface area contributed by atoms with Crippen LogP contribution in [0.1, 0.15) is 10.4 Å². The zero-order valence-electron chi connectivity index (χ0n) is 13.5. The van der Waals surface area contributed by atoms with E-state index in [-0.39, 0.29) is 0 Å². The number of pyridine rings is 1. The summed E-state index contributed by atoms with van der Waals surface area (Å²) < 4.78 is 1.92. The Morgan fingerprint density at radius 1 is 1.00 bits per heavy atom. The van der Waals surface area contributed by atoms with Crippen LogP contribution in [0, 0.1) is 0 Å². The van der Waals surface area contributed by atoms with Gasteiger partial charge in [0.1, 0.15) is 11.5 Å². The van der Waals surface area contributed by atoms with E-state index in [1.165, 1.54) is 0 Å². The van der Waals surface area contributed by atoms with Gasteiger partial charge in [-0.05, 0) is 42.5 Å². The lowest BCUT2D eigenvalue weighted by Crippen LogP contribution is -2.19. The van der Waals surface area contributed by atoms with Gasteiger partial charge in [0.05, 0.1) is 11.9 Å². The first-order valence-electron chi connectivity index (χ1n) is 7.81. The molecular weight excluding hydrogens is 332 g/mol. The van der Waals surface area contributed by atoms with Crippen molar-refractivity contribution in [1.82, 2.24) is 24.8 Å². The number of benzene rings is 1. The van der Waals surface area contributed by atoms with Gasteiger partial charge in [0, 0.05) is 24.2 Å². The maximum absolute atomic E-state index is 11.6. The quantitative estimate of drug-likeness (QED) is 0.436. The number of hydrogen-bond donors (Lipinski definition) is 2. The molecule has 0 saturated carbocycles. The third kappa shape index (κ3) is 2.74. The second-order valence-corrected chi connectivity index (χ2v) is 5.42. The van der Waals surface area contributed by atoms with Gasteiger partial charge in [0.2, 0.25) is 5.95 Å². The molecule has 8 nitrogen and oxygen atoms in total. The molecule has 0 fully saturated rings. The number of carbonyl (C=O) groups excluding carboxylic acids is 1. The fourth-order valence-electron chi connectivity index (χ4n) is 2.67. The van der Waals surface area contributed by atoms with Crippen molar-refractivity contribution >= 4 is 29.0 Å². The first kappa shape index (κ1) is 15.7. The largest absolute Gasteiger partial charge is 0.288 e. The molecule has 0 atom stereocenters. The standard InChI is InChI=1S/C18H14N6O2/c25-17(22-26)13-5-7-14(8-6-13)24(18-19-9-3-10-20-18)16-12-21-15-4-1-2-11-23(15)16/h1-12,26H,(H,22,25). The average Bonchev–Trinajstić information content (AvgIpc) is 3.13. The Hall–Kier alpha value is -3.78. The predicted octanol–water partition coefficient (Wildman–Crippen LogP) is 2.71. The predicted molar refractivity (Wildman–Crippen MR) is 94.7 cm³/mol. The Labute approximate surface area is 148 Å². The lowest BCUT2D eigenvalue weighted by atomic mass is 10.2. The van der Waals surface area contributed by atoms with E-state index in [0.717, 1.165) is 17.2 Å². The van der Waals surface area contributed by atoms with Gasteiger partial charge < -0.3 is 0 Å². The highest BCUT2D eigenvalue weighted by atomic mass is 16.5. The Balaban J connectivity index is 1.86. The number of imidazole rings is 1. The summed E-state index contributed by atoms with van der Waals surface area (Å²) in [7, 11) is 0. The number of anilines is 3. The molecule has 1 amide bonds. The smallest absolute Gasteiger partial charge is 0.274 e. The first-order valence-corrected chi connectivity index (χ1v) is 7.81. The van der Waals surface area contributed by atoms with Crippen LogP contribution in [0.25, 0.3) is 5.65 Å². The molecule has 3 aromatic heterocycles. The Morgan fingerprint density at radius 3 is 2.50 bits per heavy atom. The van der Waals surface area contributed by atoms with Gasteiger partial charge in [0.15, 0.2) is 0 Å². The highest BCUT2D eigenvalue weighted by Gasteiger charge is 2.19. The van der Waals surface area contributed by atoms with Crippen LogP contribution in [0.3, 0.4) is 0 Å². The third-order valence-electron chi connectivity index (χ3n) is 3.87. The van der Waals surface area contributed by atoms with Crippen molar-refractivity contribution in [2.24, 2.45) is 0 Å². The number of hydroxylamine groups is 1. The SMILES string of the molecule is O=C(NO)c1ccc(N(c2ncccn2)c2cnc3ccccn23)cc1. The maximum Gasteiger partial charge on any atom is 0.274 e. The molecule has 0 bridgehead atoms. The van der Waals surface area contributed by atoms with E-state index in [1.54, 1.807) is 54.4 Å². The fourth-order valence-corrected chi connectivity index (χ4v) is 2.67. The van der Waals surface area contributed by atoms with Crippen molar-refractivity contribution < 1.29 is 10.0 Å². The minimum absolute atomic E-state index is 0.336. The number of rotatable bonds is 4. The summed E-state index contributed by atoms with van der Waals surface area (Å²) in [5.74, 6) is 0.650. The van der Waals surface area contributed by atoms with Crippen LogP contribution in [-0.4, -0.2) is 30.5 Å². The van der Waals surface area contributed by atoms with E-state index in [2.05, 4.69) is 15.0 Å². The van der Waals surface area contributed by atoms with E-state index in [1.807, 2.05) is 33.7 Å². The number of carbonyl (C=O) groups is 1. The summed E-state index contributed by atoms with van der Waals surface area (Å²) in [4.78, 5) is 26.5. The molecule has 0 aliphatic carbocycles. The summed E-state index contributed by atoms with van der Waals surface area (Å²) in [5, 5.41) is 8.77. The number of nitrogens with one attached hydrogen (secondary N) is 1. The highest BCUT2D eigenvalue weighted by molar-refractivity contribution is 5.93. The normalized spacial score (nSPS) is 10.7. The molecular formula is C18H14N6O2. The molecule has 0 saturated heterocycles. The summed E-state index contributed by atoms with van der Waals surface area (Å²) in [6, 6.07) is 14.2. The molecule has 26 heavy (non-hydrogen) atoms. The third-order valence-corrected chi connectivity index (χ3v) is 3.87. The Morgan fingerprint density at radius 2 is 1.77 bits per heavy atom. The van der Waals surface area contributed by atoms with Crippen LogP contribution in [0.2, 0.25) is 0 Å².